The molecule has 0 unspecified atom stereocenters. The van der Waals surface area contributed by atoms with E-state index >= 15 is 0 Å². The van der Waals surface area contributed by atoms with E-state index in [0.717, 1.165) is 29.8 Å². The molecule has 0 aliphatic carbocycles. The first kappa shape index (κ1) is 19.6. The van der Waals surface area contributed by atoms with Crippen LogP contribution in [0.25, 0.3) is 11.1 Å². The normalized spacial score (nSPS) is 10.9. The first-order valence-electron chi connectivity index (χ1n) is 9.77. The average Bonchev–Trinajstić information content (AvgIpc) is 2.76. The van der Waals surface area contributed by atoms with Gasteiger partial charge in [-0.2, -0.15) is 0 Å². The first-order chi connectivity index (χ1) is 13.8. The fraction of sp³-hybridized carbons (Fsp3) is 0.192. The number of hydrogen-bond acceptors (Lipinski definition) is 2. The molecule has 0 aromatic heterocycles. The van der Waals surface area contributed by atoms with E-state index < -0.39 is 0 Å². The Bertz CT molecular complexity index is 891. The van der Waals surface area contributed by atoms with Crippen LogP contribution in [0.4, 0.5) is 5.69 Å². The van der Waals surface area contributed by atoms with E-state index in [1.807, 2.05) is 36.6 Å². The predicted molar refractivity (Wildman–Crippen MR) is 120 cm³/mol. The summed E-state index contributed by atoms with van der Waals surface area (Å²) in [6.07, 6.45) is 8.55. The molecule has 0 heterocycles. The van der Waals surface area contributed by atoms with Gasteiger partial charge in [0.25, 0.3) is 0 Å². The highest BCUT2D eigenvalue weighted by Gasteiger charge is 1.99. The highest BCUT2D eigenvalue weighted by atomic mass is 16.5. The maximum atomic E-state index is 5.21. The van der Waals surface area contributed by atoms with Crippen molar-refractivity contribution in [2.24, 2.45) is 4.99 Å². The van der Waals surface area contributed by atoms with E-state index in [4.69, 9.17) is 4.74 Å². The number of allylic oxidation sites excluding steroid dienone is 1. The van der Waals surface area contributed by atoms with Gasteiger partial charge in [-0.25, -0.2) is 0 Å². The van der Waals surface area contributed by atoms with Crippen molar-refractivity contribution in [2.45, 2.75) is 25.7 Å². The molecule has 3 aromatic rings. The Morgan fingerprint density at radius 2 is 1.46 bits per heavy atom. The van der Waals surface area contributed by atoms with Crippen molar-refractivity contribution < 1.29 is 4.74 Å². The Balaban J connectivity index is 1.58. The van der Waals surface area contributed by atoms with Gasteiger partial charge in [0.05, 0.1) is 12.8 Å². The van der Waals surface area contributed by atoms with Crippen LogP contribution in [-0.2, 0) is 6.42 Å². The molecule has 3 rings (SSSR count). The molecule has 2 nitrogen and oxygen atoms in total. The fourth-order valence-electron chi connectivity index (χ4n) is 3.06. The van der Waals surface area contributed by atoms with Crippen LogP contribution in [0.15, 0.2) is 90.4 Å². The molecule has 2 heteroatoms. The molecule has 0 N–H and O–H groups in total. The monoisotopic (exact) mass is 369 g/mol. The molecule has 142 valence electrons. The minimum absolute atomic E-state index is 0.868. The van der Waals surface area contributed by atoms with Gasteiger partial charge in [-0.05, 0) is 72.2 Å². The standard InChI is InChI=1S/C26H27NO/c1-3-4-5-6-7-21-8-10-22(11-9-21)20-27-25-16-12-23(13-17-25)24-14-18-26(28-2)19-15-24/h3,8-20H,1,4-7H2,2H3. The number of aryl methyl sites for hydroxylation is 1. The number of hydrogen-bond donors (Lipinski definition) is 0. The van der Waals surface area contributed by atoms with Crippen LogP contribution < -0.4 is 4.74 Å². The summed E-state index contributed by atoms with van der Waals surface area (Å²) in [5, 5.41) is 0. The van der Waals surface area contributed by atoms with Crippen LogP contribution in [0, 0.1) is 0 Å². The van der Waals surface area contributed by atoms with Gasteiger partial charge >= 0.3 is 0 Å². The van der Waals surface area contributed by atoms with Gasteiger partial charge in [-0.1, -0.05) is 54.6 Å². The predicted octanol–water partition coefficient (Wildman–Crippen LogP) is 7.01. The third kappa shape index (κ3) is 5.68. The smallest absolute Gasteiger partial charge is 0.118 e. The van der Waals surface area contributed by atoms with Gasteiger partial charge in [0, 0.05) is 6.21 Å². The van der Waals surface area contributed by atoms with Crippen LogP contribution >= 0.6 is 0 Å². The van der Waals surface area contributed by atoms with Crippen LogP contribution in [-0.4, -0.2) is 13.3 Å². The van der Waals surface area contributed by atoms with Crippen molar-refractivity contribution in [3.05, 3.63) is 96.6 Å². The van der Waals surface area contributed by atoms with Crippen molar-refractivity contribution in [2.75, 3.05) is 7.11 Å². The SMILES string of the molecule is C=CCCCCc1ccc(C=Nc2ccc(-c3ccc(OC)cc3)cc2)cc1. The molecule has 0 amide bonds. The molecule has 0 aliphatic heterocycles. The number of unbranched alkanes of at least 4 members (excludes halogenated alkanes) is 2. The summed E-state index contributed by atoms with van der Waals surface area (Å²) >= 11 is 0. The molecule has 0 bridgehead atoms. The van der Waals surface area contributed by atoms with E-state index in [9.17, 15) is 0 Å². The Morgan fingerprint density at radius 3 is 2.07 bits per heavy atom. The molecular formula is C26H27NO. The molecule has 3 aromatic carbocycles. The van der Waals surface area contributed by atoms with E-state index in [1.54, 1.807) is 7.11 Å². The quantitative estimate of drug-likeness (QED) is 0.226. The molecule has 0 spiro atoms. The second-order valence-electron chi connectivity index (χ2n) is 6.81. The summed E-state index contributed by atoms with van der Waals surface area (Å²) in [5.41, 5.74) is 5.78. The summed E-state index contributed by atoms with van der Waals surface area (Å²) in [4.78, 5) is 4.60. The maximum absolute atomic E-state index is 5.21. The van der Waals surface area contributed by atoms with Crippen LogP contribution in [0.1, 0.15) is 30.4 Å². The minimum atomic E-state index is 0.868. The van der Waals surface area contributed by atoms with Gasteiger partial charge in [0.15, 0.2) is 0 Å². The lowest BCUT2D eigenvalue weighted by Gasteiger charge is -2.04. The second kappa shape index (κ2) is 10.3. The molecule has 0 atom stereocenters. The summed E-state index contributed by atoms with van der Waals surface area (Å²) in [6.45, 7) is 3.77. The Labute approximate surface area is 168 Å². The Hall–Kier alpha value is -3.13. The Morgan fingerprint density at radius 1 is 0.821 bits per heavy atom. The topological polar surface area (TPSA) is 21.6 Å². The summed E-state index contributed by atoms with van der Waals surface area (Å²) < 4.78 is 5.21. The highest BCUT2D eigenvalue weighted by molar-refractivity contribution is 5.82. The Kier molecular flexibility index (Phi) is 7.20. The molecule has 0 radical (unpaired) electrons. The van der Waals surface area contributed by atoms with Crippen molar-refractivity contribution in [1.29, 1.82) is 0 Å². The lowest BCUT2D eigenvalue weighted by atomic mass is 10.1. The average molecular weight is 370 g/mol. The van der Waals surface area contributed by atoms with Crippen LogP contribution in [0.3, 0.4) is 0 Å². The van der Waals surface area contributed by atoms with Crippen LogP contribution in [0.5, 0.6) is 5.75 Å². The van der Waals surface area contributed by atoms with Gasteiger partial charge in [-0.3, -0.25) is 4.99 Å². The van der Waals surface area contributed by atoms with E-state index in [-0.39, 0.29) is 0 Å². The maximum Gasteiger partial charge on any atom is 0.118 e. The summed E-state index contributed by atoms with van der Waals surface area (Å²) in [5.74, 6) is 0.868. The van der Waals surface area contributed by atoms with E-state index in [0.29, 0.717) is 0 Å². The van der Waals surface area contributed by atoms with Crippen molar-refractivity contribution in [3.63, 3.8) is 0 Å². The fourth-order valence-corrected chi connectivity index (χ4v) is 3.06. The summed E-state index contributed by atoms with van der Waals surface area (Å²) in [7, 11) is 1.68. The molecule has 0 fully saturated rings. The van der Waals surface area contributed by atoms with E-state index in [2.05, 4.69) is 60.1 Å². The molecule has 0 saturated carbocycles. The molecular weight excluding hydrogens is 342 g/mol. The largest absolute Gasteiger partial charge is 0.497 e. The number of methoxy groups -OCH3 is 1. The third-order valence-electron chi connectivity index (χ3n) is 4.76. The zero-order valence-corrected chi connectivity index (χ0v) is 16.5. The number of rotatable bonds is 9. The van der Waals surface area contributed by atoms with Gasteiger partial charge in [0.2, 0.25) is 0 Å². The number of benzene rings is 3. The zero-order valence-electron chi connectivity index (χ0n) is 16.5. The first-order valence-corrected chi connectivity index (χ1v) is 9.77. The number of nitrogens with zero attached hydrogens (tertiary/aromatic N) is 1. The van der Waals surface area contributed by atoms with Gasteiger partial charge in [0.1, 0.15) is 5.75 Å². The van der Waals surface area contributed by atoms with Crippen molar-refractivity contribution in [1.82, 2.24) is 0 Å². The number of aliphatic imine (C=N–C) groups is 1. The lowest BCUT2D eigenvalue weighted by molar-refractivity contribution is 0.415. The molecule has 0 saturated heterocycles. The van der Waals surface area contributed by atoms with Crippen LogP contribution in [0.2, 0.25) is 0 Å². The second-order valence-corrected chi connectivity index (χ2v) is 6.81. The highest BCUT2D eigenvalue weighted by Crippen LogP contribution is 2.24. The molecule has 28 heavy (non-hydrogen) atoms. The molecule has 0 aliphatic rings. The van der Waals surface area contributed by atoms with E-state index in [1.165, 1.54) is 29.5 Å². The van der Waals surface area contributed by atoms with Crippen molar-refractivity contribution >= 4 is 11.9 Å². The van der Waals surface area contributed by atoms with Gasteiger partial charge < -0.3 is 4.74 Å². The van der Waals surface area contributed by atoms with Gasteiger partial charge in [-0.15, -0.1) is 6.58 Å². The zero-order chi connectivity index (χ0) is 19.6. The summed E-state index contributed by atoms with van der Waals surface area (Å²) in [6, 6.07) is 25.0. The number of ether oxygens (including phenoxy) is 1. The third-order valence-corrected chi connectivity index (χ3v) is 4.76. The lowest BCUT2D eigenvalue weighted by Crippen LogP contribution is -1.87. The minimum Gasteiger partial charge on any atom is -0.497 e. The van der Waals surface area contributed by atoms with Crippen molar-refractivity contribution in [3.8, 4) is 16.9 Å².